The van der Waals surface area contributed by atoms with Crippen LogP contribution in [0, 0.1) is 0 Å². The molecule has 0 spiro atoms. The molecule has 0 radical (unpaired) electrons. The number of rotatable bonds is 3. The summed E-state index contributed by atoms with van der Waals surface area (Å²) in [4.78, 5) is 5.23. The molecule has 2 N–H and O–H groups in total. The summed E-state index contributed by atoms with van der Waals surface area (Å²) in [6.45, 7) is 4.02. The topological polar surface area (TPSA) is 76.0 Å². The molecule has 0 amide bonds. The molecular weight excluding hydrogens is 324 g/mol. The van der Waals surface area contributed by atoms with Crippen LogP contribution < -0.4 is 10.6 Å². The van der Waals surface area contributed by atoms with Gasteiger partial charge in [0, 0.05) is 24.8 Å². The lowest BCUT2D eigenvalue weighted by Crippen LogP contribution is -2.30. The number of fused-ring (bicyclic) bond motifs is 1. The number of piperidine rings is 1. The predicted octanol–water partition coefficient (Wildman–Crippen LogP) is 1.44. The number of nitrogens with one attached hydrogen (secondary N) is 2. The van der Waals surface area contributed by atoms with Crippen molar-refractivity contribution < 1.29 is 8.42 Å². The minimum Gasteiger partial charge on any atom is -0.324 e. The largest absolute Gasteiger partial charge is 0.324 e. The lowest BCUT2D eigenvalue weighted by Gasteiger charge is -2.27. The summed E-state index contributed by atoms with van der Waals surface area (Å²) in [5, 5.41) is 6.84. The van der Waals surface area contributed by atoms with Crippen molar-refractivity contribution in [2.75, 3.05) is 32.4 Å². The SMILES string of the molecule is CS(=O)(=O)c1ccc2c(c1)nc([C@@H]1CCNC1)n2C1CCNCC1. The minimum atomic E-state index is -3.21. The lowest BCUT2D eigenvalue weighted by molar-refractivity contribution is 0.362. The molecule has 2 fully saturated rings. The van der Waals surface area contributed by atoms with E-state index in [9.17, 15) is 8.42 Å². The molecule has 0 saturated carbocycles. The molecule has 3 heterocycles. The first-order valence-electron chi connectivity index (χ1n) is 8.67. The van der Waals surface area contributed by atoms with Crippen LogP contribution >= 0.6 is 0 Å². The van der Waals surface area contributed by atoms with Crippen LogP contribution in [-0.2, 0) is 9.84 Å². The van der Waals surface area contributed by atoms with Gasteiger partial charge in [0.1, 0.15) is 5.82 Å². The second-order valence-electron chi connectivity index (χ2n) is 6.93. The van der Waals surface area contributed by atoms with Crippen LogP contribution in [-0.4, -0.2) is 50.4 Å². The van der Waals surface area contributed by atoms with Gasteiger partial charge in [0.05, 0.1) is 15.9 Å². The molecule has 24 heavy (non-hydrogen) atoms. The fourth-order valence-electron chi connectivity index (χ4n) is 3.94. The molecule has 6 nitrogen and oxygen atoms in total. The highest BCUT2D eigenvalue weighted by molar-refractivity contribution is 7.90. The van der Waals surface area contributed by atoms with E-state index in [0.29, 0.717) is 16.9 Å². The van der Waals surface area contributed by atoms with Crippen molar-refractivity contribution in [2.45, 2.75) is 36.1 Å². The summed E-state index contributed by atoms with van der Waals surface area (Å²) in [7, 11) is -3.21. The van der Waals surface area contributed by atoms with E-state index in [1.807, 2.05) is 6.07 Å². The van der Waals surface area contributed by atoms with Crippen LogP contribution in [0.15, 0.2) is 23.1 Å². The van der Waals surface area contributed by atoms with E-state index in [1.54, 1.807) is 12.1 Å². The highest BCUT2D eigenvalue weighted by atomic mass is 32.2. The number of hydrogen-bond donors (Lipinski definition) is 2. The maximum absolute atomic E-state index is 11.9. The van der Waals surface area contributed by atoms with Crippen molar-refractivity contribution in [1.82, 2.24) is 20.2 Å². The Labute approximate surface area is 142 Å². The Morgan fingerprint density at radius 1 is 1.12 bits per heavy atom. The fraction of sp³-hybridized carbons (Fsp3) is 0.588. The Balaban J connectivity index is 1.87. The van der Waals surface area contributed by atoms with Crippen molar-refractivity contribution in [3.63, 3.8) is 0 Å². The molecular formula is C17H24N4O2S. The molecule has 1 aromatic heterocycles. The molecule has 2 aliphatic heterocycles. The second-order valence-corrected chi connectivity index (χ2v) is 8.95. The van der Waals surface area contributed by atoms with Gasteiger partial charge in [-0.2, -0.15) is 0 Å². The van der Waals surface area contributed by atoms with Crippen molar-refractivity contribution in [3.8, 4) is 0 Å². The van der Waals surface area contributed by atoms with Gasteiger partial charge in [-0.1, -0.05) is 0 Å². The van der Waals surface area contributed by atoms with Gasteiger partial charge in [-0.15, -0.1) is 0 Å². The molecule has 1 aromatic carbocycles. The number of imidazole rings is 1. The summed E-state index contributed by atoms with van der Waals surface area (Å²) < 4.78 is 26.1. The summed E-state index contributed by atoms with van der Waals surface area (Å²) in [6.07, 6.45) is 4.52. The number of sulfone groups is 1. The Morgan fingerprint density at radius 3 is 2.54 bits per heavy atom. The van der Waals surface area contributed by atoms with Crippen molar-refractivity contribution in [2.24, 2.45) is 0 Å². The van der Waals surface area contributed by atoms with Crippen LogP contribution in [0.3, 0.4) is 0 Å². The van der Waals surface area contributed by atoms with Crippen LogP contribution in [0.1, 0.15) is 37.0 Å². The zero-order valence-corrected chi connectivity index (χ0v) is 14.8. The Hall–Kier alpha value is -1.44. The predicted molar refractivity (Wildman–Crippen MR) is 94.2 cm³/mol. The van der Waals surface area contributed by atoms with Crippen molar-refractivity contribution >= 4 is 20.9 Å². The molecule has 7 heteroatoms. The summed E-state index contributed by atoms with van der Waals surface area (Å²) in [5.74, 6) is 1.53. The number of nitrogens with zero attached hydrogens (tertiary/aromatic N) is 2. The van der Waals surface area contributed by atoms with Gasteiger partial charge >= 0.3 is 0 Å². The maximum atomic E-state index is 11.9. The molecule has 2 saturated heterocycles. The van der Waals surface area contributed by atoms with Gasteiger partial charge in [-0.3, -0.25) is 0 Å². The molecule has 1 atom stereocenters. The van der Waals surface area contributed by atoms with E-state index in [-0.39, 0.29) is 0 Å². The maximum Gasteiger partial charge on any atom is 0.175 e. The third-order valence-corrected chi connectivity index (χ3v) is 6.33. The van der Waals surface area contributed by atoms with Crippen LogP contribution in [0.5, 0.6) is 0 Å². The Kier molecular flexibility index (Phi) is 4.10. The fourth-order valence-corrected chi connectivity index (χ4v) is 4.58. The number of aromatic nitrogens is 2. The zero-order chi connectivity index (χ0) is 16.7. The molecule has 0 unspecified atom stereocenters. The van der Waals surface area contributed by atoms with Gasteiger partial charge in [0.15, 0.2) is 9.84 Å². The molecule has 2 aliphatic rings. The summed E-state index contributed by atoms with van der Waals surface area (Å²) >= 11 is 0. The third-order valence-electron chi connectivity index (χ3n) is 5.22. The Morgan fingerprint density at radius 2 is 1.88 bits per heavy atom. The second kappa shape index (κ2) is 6.13. The first kappa shape index (κ1) is 16.1. The van der Waals surface area contributed by atoms with E-state index >= 15 is 0 Å². The summed E-state index contributed by atoms with van der Waals surface area (Å²) in [6, 6.07) is 5.82. The molecule has 130 valence electrons. The average Bonchev–Trinajstić information content (AvgIpc) is 3.21. The normalized spacial score (nSPS) is 23.1. The van der Waals surface area contributed by atoms with Crippen molar-refractivity contribution in [3.05, 3.63) is 24.0 Å². The zero-order valence-electron chi connectivity index (χ0n) is 14.0. The minimum absolute atomic E-state index is 0.348. The lowest BCUT2D eigenvalue weighted by atomic mass is 10.0. The van der Waals surface area contributed by atoms with E-state index < -0.39 is 9.84 Å². The van der Waals surface area contributed by atoms with Crippen LogP contribution in [0.4, 0.5) is 0 Å². The Bertz CT molecular complexity index is 847. The van der Waals surface area contributed by atoms with E-state index in [2.05, 4.69) is 15.2 Å². The molecule has 2 aromatic rings. The molecule has 4 rings (SSSR count). The highest BCUT2D eigenvalue weighted by Gasteiger charge is 2.28. The standard InChI is InChI=1S/C17H24N4O2S/c1-24(22,23)14-2-3-16-15(10-14)20-17(12-4-7-19-11-12)21(16)13-5-8-18-9-6-13/h2-3,10,12-13,18-19H,4-9,11H2,1H3/t12-/m1/s1. The van der Waals surface area contributed by atoms with Crippen molar-refractivity contribution in [1.29, 1.82) is 0 Å². The van der Waals surface area contributed by atoms with Gasteiger partial charge in [-0.05, 0) is 57.1 Å². The van der Waals surface area contributed by atoms with Gasteiger partial charge in [0.2, 0.25) is 0 Å². The van der Waals surface area contributed by atoms with Gasteiger partial charge in [0.25, 0.3) is 0 Å². The first-order chi connectivity index (χ1) is 11.5. The van der Waals surface area contributed by atoms with Crippen LogP contribution in [0.25, 0.3) is 11.0 Å². The first-order valence-corrected chi connectivity index (χ1v) is 10.6. The highest BCUT2D eigenvalue weighted by Crippen LogP contribution is 2.33. The van der Waals surface area contributed by atoms with E-state index in [1.165, 1.54) is 6.26 Å². The number of benzene rings is 1. The van der Waals surface area contributed by atoms with Gasteiger partial charge < -0.3 is 15.2 Å². The van der Waals surface area contributed by atoms with E-state index in [0.717, 1.165) is 62.3 Å². The molecule has 0 aliphatic carbocycles. The third kappa shape index (κ3) is 2.85. The smallest absolute Gasteiger partial charge is 0.175 e. The summed E-state index contributed by atoms with van der Waals surface area (Å²) in [5.41, 5.74) is 1.87. The van der Waals surface area contributed by atoms with Crippen LogP contribution in [0.2, 0.25) is 0 Å². The quantitative estimate of drug-likeness (QED) is 0.878. The van der Waals surface area contributed by atoms with E-state index in [4.69, 9.17) is 4.98 Å². The molecule has 0 bridgehead atoms. The number of hydrogen-bond acceptors (Lipinski definition) is 5. The van der Waals surface area contributed by atoms with Gasteiger partial charge in [-0.25, -0.2) is 13.4 Å². The monoisotopic (exact) mass is 348 g/mol. The average molecular weight is 348 g/mol.